The molecule has 0 unspecified atom stereocenters. The highest BCUT2D eigenvalue weighted by molar-refractivity contribution is 5.78. The number of hydrogen-bond donors (Lipinski definition) is 1. The number of likely N-dealkylation sites (N-methyl/N-ethyl adjacent to an activating group) is 1. The minimum Gasteiger partial charge on any atom is -0.381 e. The second-order valence-electron chi connectivity index (χ2n) is 3.05. The van der Waals surface area contributed by atoms with E-state index in [-0.39, 0.29) is 12.5 Å². The SMILES string of the molecule is CN(C(=O)CN)C1CCOCC1. The molecule has 70 valence electrons. The van der Waals surface area contributed by atoms with Gasteiger partial charge in [0.25, 0.3) is 0 Å². The molecule has 1 fully saturated rings. The maximum Gasteiger partial charge on any atom is 0.236 e. The van der Waals surface area contributed by atoms with Gasteiger partial charge in [-0.3, -0.25) is 4.79 Å². The first-order valence-electron chi connectivity index (χ1n) is 4.29. The van der Waals surface area contributed by atoms with E-state index in [9.17, 15) is 4.79 Å². The molecule has 0 saturated carbocycles. The molecular formula is C8H16N2O2. The van der Waals surface area contributed by atoms with Crippen LogP contribution in [0.15, 0.2) is 0 Å². The number of hydrogen-bond acceptors (Lipinski definition) is 3. The third-order valence-electron chi connectivity index (χ3n) is 2.31. The average Bonchev–Trinajstić information content (AvgIpc) is 2.17. The molecule has 0 spiro atoms. The smallest absolute Gasteiger partial charge is 0.236 e. The summed E-state index contributed by atoms with van der Waals surface area (Å²) in [7, 11) is 1.81. The number of rotatable bonds is 2. The average molecular weight is 172 g/mol. The molecule has 1 saturated heterocycles. The van der Waals surface area contributed by atoms with Crippen LogP contribution in [0.4, 0.5) is 0 Å². The van der Waals surface area contributed by atoms with Crippen molar-refractivity contribution in [1.82, 2.24) is 4.90 Å². The lowest BCUT2D eigenvalue weighted by Crippen LogP contribution is -2.43. The Balaban J connectivity index is 2.39. The number of nitrogens with zero attached hydrogens (tertiary/aromatic N) is 1. The molecular weight excluding hydrogens is 156 g/mol. The van der Waals surface area contributed by atoms with Gasteiger partial charge in [0.1, 0.15) is 0 Å². The van der Waals surface area contributed by atoms with E-state index in [1.54, 1.807) is 4.90 Å². The second kappa shape index (κ2) is 4.42. The Bertz CT molecular complexity index is 155. The van der Waals surface area contributed by atoms with E-state index in [2.05, 4.69) is 0 Å². The molecule has 0 aromatic heterocycles. The summed E-state index contributed by atoms with van der Waals surface area (Å²) in [4.78, 5) is 12.9. The van der Waals surface area contributed by atoms with Crippen LogP contribution in [0, 0.1) is 0 Å². The van der Waals surface area contributed by atoms with Crippen LogP contribution in [0.25, 0.3) is 0 Å². The van der Waals surface area contributed by atoms with Gasteiger partial charge in [0.15, 0.2) is 0 Å². The molecule has 1 aliphatic rings. The molecule has 2 N–H and O–H groups in total. The van der Waals surface area contributed by atoms with Crippen LogP contribution in [-0.2, 0) is 9.53 Å². The van der Waals surface area contributed by atoms with Gasteiger partial charge in [0, 0.05) is 26.3 Å². The van der Waals surface area contributed by atoms with Crippen LogP contribution in [0.1, 0.15) is 12.8 Å². The number of carbonyl (C=O) groups excluding carboxylic acids is 1. The summed E-state index contributed by atoms with van der Waals surface area (Å²) in [6, 6.07) is 0.329. The van der Waals surface area contributed by atoms with Crippen molar-refractivity contribution in [1.29, 1.82) is 0 Å². The van der Waals surface area contributed by atoms with Gasteiger partial charge in [0.2, 0.25) is 5.91 Å². The Morgan fingerprint density at radius 2 is 2.17 bits per heavy atom. The second-order valence-corrected chi connectivity index (χ2v) is 3.05. The molecule has 0 aliphatic carbocycles. The number of ether oxygens (including phenoxy) is 1. The van der Waals surface area contributed by atoms with Crippen molar-refractivity contribution in [3.8, 4) is 0 Å². The summed E-state index contributed by atoms with van der Waals surface area (Å²) in [6.07, 6.45) is 1.87. The van der Waals surface area contributed by atoms with Gasteiger partial charge in [-0.25, -0.2) is 0 Å². The van der Waals surface area contributed by atoms with Crippen molar-refractivity contribution in [3.63, 3.8) is 0 Å². The first-order chi connectivity index (χ1) is 5.75. The van der Waals surface area contributed by atoms with E-state index >= 15 is 0 Å². The fraction of sp³-hybridized carbons (Fsp3) is 0.875. The van der Waals surface area contributed by atoms with Crippen LogP contribution >= 0.6 is 0 Å². The summed E-state index contributed by atoms with van der Waals surface area (Å²) in [5.41, 5.74) is 5.26. The van der Waals surface area contributed by atoms with E-state index in [0.29, 0.717) is 6.04 Å². The van der Waals surface area contributed by atoms with Crippen LogP contribution in [-0.4, -0.2) is 43.7 Å². The highest BCUT2D eigenvalue weighted by Gasteiger charge is 2.20. The molecule has 0 atom stereocenters. The van der Waals surface area contributed by atoms with Crippen LogP contribution in [0.5, 0.6) is 0 Å². The normalized spacial score (nSPS) is 19.2. The lowest BCUT2D eigenvalue weighted by molar-refractivity contribution is -0.132. The maximum absolute atomic E-state index is 11.2. The Hall–Kier alpha value is -0.610. The van der Waals surface area contributed by atoms with Gasteiger partial charge in [-0.2, -0.15) is 0 Å². The van der Waals surface area contributed by atoms with Gasteiger partial charge in [-0.1, -0.05) is 0 Å². The fourth-order valence-corrected chi connectivity index (χ4v) is 1.42. The molecule has 0 radical (unpaired) electrons. The van der Waals surface area contributed by atoms with Crippen LogP contribution in [0.2, 0.25) is 0 Å². The zero-order valence-electron chi connectivity index (χ0n) is 7.45. The summed E-state index contributed by atoms with van der Waals surface area (Å²) in [6.45, 7) is 1.62. The molecule has 0 bridgehead atoms. The van der Waals surface area contributed by atoms with E-state index < -0.39 is 0 Å². The van der Waals surface area contributed by atoms with Gasteiger partial charge in [-0.15, -0.1) is 0 Å². The van der Waals surface area contributed by atoms with Crippen LogP contribution < -0.4 is 5.73 Å². The van der Waals surface area contributed by atoms with Crippen molar-refractivity contribution in [2.45, 2.75) is 18.9 Å². The summed E-state index contributed by atoms with van der Waals surface area (Å²) >= 11 is 0. The zero-order valence-corrected chi connectivity index (χ0v) is 7.45. The third-order valence-corrected chi connectivity index (χ3v) is 2.31. The Kier molecular flexibility index (Phi) is 3.49. The van der Waals surface area contributed by atoms with E-state index in [0.717, 1.165) is 26.1 Å². The molecule has 12 heavy (non-hydrogen) atoms. The molecule has 1 heterocycles. The van der Waals surface area contributed by atoms with Gasteiger partial charge in [0.05, 0.1) is 6.54 Å². The lowest BCUT2D eigenvalue weighted by atomic mass is 10.1. The molecule has 1 amide bonds. The standard InChI is InChI=1S/C8H16N2O2/c1-10(8(11)6-9)7-2-4-12-5-3-7/h7H,2-6,9H2,1H3. The number of carbonyl (C=O) groups is 1. The largest absolute Gasteiger partial charge is 0.381 e. The number of amides is 1. The highest BCUT2D eigenvalue weighted by atomic mass is 16.5. The van der Waals surface area contributed by atoms with E-state index in [1.165, 1.54) is 0 Å². The lowest BCUT2D eigenvalue weighted by Gasteiger charge is -2.30. The van der Waals surface area contributed by atoms with Crippen molar-refractivity contribution >= 4 is 5.91 Å². The van der Waals surface area contributed by atoms with Crippen molar-refractivity contribution in [2.75, 3.05) is 26.8 Å². The topological polar surface area (TPSA) is 55.6 Å². The van der Waals surface area contributed by atoms with Gasteiger partial charge < -0.3 is 15.4 Å². The monoisotopic (exact) mass is 172 g/mol. The molecule has 0 aromatic rings. The Morgan fingerprint density at radius 3 is 2.67 bits per heavy atom. The Morgan fingerprint density at radius 1 is 1.58 bits per heavy atom. The van der Waals surface area contributed by atoms with Crippen molar-refractivity contribution < 1.29 is 9.53 Å². The summed E-state index contributed by atoms with van der Waals surface area (Å²) < 4.78 is 5.19. The Labute approximate surface area is 72.7 Å². The summed E-state index contributed by atoms with van der Waals surface area (Å²) in [5.74, 6) is 0.0156. The van der Waals surface area contributed by atoms with Crippen molar-refractivity contribution in [2.24, 2.45) is 5.73 Å². The molecule has 1 aliphatic heterocycles. The third kappa shape index (κ3) is 2.19. The van der Waals surface area contributed by atoms with Crippen LogP contribution in [0.3, 0.4) is 0 Å². The minimum absolute atomic E-state index is 0.0156. The maximum atomic E-state index is 11.2. The van der Waals surface area contributed by atoms with E-state index in [4.69, 9.17) is 10.5 Å². The molecule has 1 rings (SSSR count). The first-order valence-corrected chi connectivity index (χ1v) is 4.29. The molecule has 0 aromatic carbocycles. The zero-order chi connectivity index (χ0) is 8.97. The van der Waals surface area contributed by atoms with E-state index in [1.807, 2.05) is 7.05 Å². The fourth-order valence-electron chi connectivity index (χ4n) is 1.42. The molecule has 4 nitrogen and oxygen atoms in total. The predicted molar refractivity (Wildman–Crippen MR) is 45.7 cm³/mol. The van der Waals surface area contributed by atoms with Gasteiger partial charge >= 0.3 is 0 Å². The predicted octanol–water partition coefficient (Wildman–Crippen LogP) is -0.417. The van der Waals surface area contributed by atoms with Crippen molar-refractivity contribution in [3.05, 3.63) is 0 Å². The molecule has 4 heteroatoms. The summed E-state index contributed by atoms with van der Waals surface area (Å²) in [5, 5.41) is 0. The quantitative estimate of drug-likeness (QED) is 0.615. The highest BCUT2D eigenvalue weighted by Crippen LogP contribution is 2.12. The van der Waals surface area contributed by atoms with Gasteiger partial charge in [-0.05, 0) is 12.8 Å². The first kappa shape index (κ1) is 9.48. The number of nitrogens with two attached hydrogens (primary N) is 1. The minimum atomic E-state index is 0.0156.